The minimum Gasteiger partial charge on any atom is -0.454 e. The first-order valence-corrected chi connectivity index (χ1v) is 8.76. The third-order valence-corrected chi connectivity index (χ3v) is 4.05. The lowest BCUT2D eigenvalue weighted by Gasteiger charge is -2.08. The van der Waals surface area contributed by atoms with E-state index in [9.17, 15) is 4.79 Å². The van der Waals surface area contributed by atoms with Crippen molar-refractivity contribution in [1.29, 1.82) is 0 Å². The predicted octanol–water partition coefficient (Wildman–Crippen LogP) is 5.15. The van der Waals surface area contributed by atoms with E-state index < -0.39 is 0 Å². The van der Waals surface area contributed by atoms with Crippen LogP contribution in [-0.4, -0.2) is 12.8 Å². The second-order valence-electron chi connectivity index (χ2n) is 6.08. The summed E-state index contributed by atoms with van der Waals surface area (Å²) in [6.07, 6.45) is 0. The number of carbonyl (C=O) groups excluding carboxylic acids is 1. The number of urea groups is 1. The first-order valence-electron chi connectivity index (χ1n) is 8.76. The van der Waals surface area contributed by atoms with Crippen LogP contribution in [0.3, 0.4) is 0 Å². The number of nitrogens with zero attached hydrogens (tertiary/aromatic N) is 2. The van der Waals surface area contributed by atoms with Crippen molar-refractivity contribution >= 4 is 23.1 Å². The number of anilines is 1. The quantitative estimate of drug-likeness (QED) is 0.606. The number of hydrogen-bond acceptors (Lipinski definition) is 5. The summed E-state index contributed by atoms with van der Waals surface area (Å²) in [4.78, 5) is 12.1. The molecule has 140 valence electrons. The van der Waals surface area contributed by atoms with Gasteiger partial charge in [-0.25, -0.2) is 4.79 Å². The fourth-order valence-corrected chi connectivity index (χ4v) is 2.63. The lowest BCUT2D eigenvalue weighted by molar-refractivity contribution is 0.174. The van der Waals surface area contributed by atoms with Crippen LogP contribution in [0.15, 0.2) is 83.0 Å². The van der Waals surface area contributed by atoms with Crippen LogP contribution >= 0.6 is 0 Å². The van der Waals surface area contributed by atoms with Crippen LogP contribution in [0.25, 0.3) is 0 Å². The van der Waals surface area contributed by atoms with Crippen molar-refractivity contribution in [3.8, 4) is 11.5 Å². The molecular weight excluding hydrogens is 356 g/mol. The number of nitrogens with one attached hydrogen (secondary N) is 2. The monoisotopic (exact) mass is 374 g/mol. The van der Waals surface area contributed by atoms with E-state index in [0.29, 0.717) is 23.7 Å². The van der Waals surface area contributed by atoms with E-state index in [1.807, 2.05) is 48.5 Å². The van der Waals surface area contributed by atoms with Crippen LogP contribution < -0.4 is 20.1 Å². The molecule has 7 heteroatoms. The summed E-state index contributed by atoms with van der Waals surface area (Å²) in [5.41, 5.74) is 3.08. The van der Waals surface area contributed by atoms with Crippen LogP contribution in [0.1, 0.15) is 5.56 Å². The molecule has 2 N–H and O–H groups in total. The zero-order chi connectivity index (χ0) is 19.2. The van der Waals surface area contributed by atoms with Gasteiger partial charge in [-0.15, -0.1) is 0 Å². The summed E-state index contributed by atoms with van der Waals surface area (Å²) < 4.78 is 10.6. The standard InChI is InChI=1S/C21H18N4O3/c26-21(22-13-15-6-11-19-20(12-15)28-14-27-19)23-16-7-9-18(10-8-16)25-24-17-4-2-1-3-5-17/h1-12H,13-14H2,(H2,22,23,26). The van der Waals surface area contributed by atoms with Gasteiger partial charge in [-0.3, -0.25) is 0 Å². The molecule has 0 saturated carbocycles. The Balaban J connectivity index is 1.29. The molecule has 1 aliphatic heterocycles. The van der Waals surface area contributed by atoms with Gasteiger partial charge >= 0.3 is 6.03 Å². The molecule has 2 amide bonds. The van der Waals surface area contributed by atoms with Gasteiger partial charge in [0.25, 0.3) is 0 Å². The SMILES string of the molecule is O=C(NCc1ccc2c(c1)OCO2)Nc1ccc(N=Nc2ccccc2)cc1. The van der Waals surface area contributed by atoms with E-state index >= 15 is 0 Å². The Morgan fingerprint density at radius 2 is 1.57 bits per heavy atom. The number of rotatable bonds is 5. The maximum absolute atomic E-state index is 12.1. The third-order valence-electron chi connectivity index (χ3n) is 4.05. The molecule has 1 aliphatic rings. The maximum Gasteiger partial charge on any atom is 0.319 e. The lowest BCUT2D eigenvalue weighted by atomic mass is 10.2. The van der Waals surface area contributed by atoms with Crippen LogP contribution in [0, 0.1) is 0 Å². The number of ether oxygens (including phenoxy) is 2. The van der Waals surface area contributed by atoms with E-state index in [1.165, 1.54) is 0 Å². The molecule has 3 aromatic carbocycles. The number of fused-ring (bicyclic) bond motifs is 1. The molecule has 0 bridgehead atoms. The van der Waals surface area contributed by atoms with Gasteiger partial charge in [0.1, 0.15) is 0 Å². The van der Waals surface area contributed by atoms with E-state index in [0.717, 1.165) is 17.0 Å². The Kier molecular flexibility index (Phi) is 5.15. The first kappa shape index (κ1) is 17.5. The second kappa shape index (κ2) is 8.22. The molecule has 0 spiro atoms. The summed E-state index contributed by atoms with van der Waals surface area (Å²) in [5.74, 6) is 1.41. The molecule has 0 radical (unpaired) electrons. The van der Waals surface area contributed by atoms with Crippen molar-refractivity contribution in [2.24, 2.45) is 10.2 Å². The summed E-state index contributed by atoms with van der Waals surface area (Å²) >= 11 is 0. The van der Waals surface area contributed by atoms with Crippen LogP contribution in [-0.2, 0) is 6.54 Å². The lowest BCUT2D eigenvalue weighted by Crippen LogP contribution is -2.28. The number of hydrogen-bond donors (Lipinski definition) is 2. The van der Waals surface area contributed by atoms with Gasteiger partial charge in [0.15, 0.2) is 11.5 Å². The highest BCUT2D eigenvalue weighted by molar-refractivity contribution is 5.89. The van der Waals surface area contributed by atoms with Gasteiger partial charge in [-0.05, 0) is 54.1 Å². The van der Waals surface area contributed by atoms with Gasteiger partial charge in [-0.2, -0.15) is 10.2 Å². The Bertz CT molecular complexity index is 988. The van der Waals surface area contributed by atoms with E-state index in [4.69, 9.17) is 9.47 Å². The zero-order valence-corrected chi connectivity index (χ0v) is 15.0. The highest BCUT2D eigenvalue weighted by atomic mass is 16.7. The largest absolute Gasteiger partial charge is 0.454 e. The molecule has 4 rings (SSSR count). The van der Waals surface area contributed by atoms with Crippen molar-refractivity contribution in [3.63, 3.8) is 0 Å². The fourth-order valence-electron chi connectivity index (χ4n) is 2.63. The topological polar surface area (TPSA) is 84.3 Å². The minimum absolute atomic E-state index is 0.230. The van der Waals surface area contributed by atoms with Gasteiger partial charge in [0.2, 0.25) is 6.79 Å². The number of azo groups is 1. The Morgan fingerprint density at radius 3 is 2.36 bits per heavy atom. The molecule has 0 fully saturated rings. The smallest absolute Gasteiger partial charge is 0.319 e. The summed E-state index contributed by atoms with van der Waals surface area (Å²) in [5, 5.41) is 13.9. The molecule has 0 saturated heterocycles. The molecule has 3 aromatic rings. The Labute approximate surface area is 162 Å². The molecule has 0 atom stereocenters. The first-order chi connectivity index (χ1) is 13.8. The minimum atomic E-state index is -0.295. The fraction of sp³-hybridized carbons (Fsp3) is 0.0952. The van der Waals surface area contributed by atoms with Gasteiger partial charge < -0.3 is 20.1 Å². The second-order valence-corrected chi connectivity index (χ2v) is 6.08. The molecule has 0 aliphatic carbocycles. The van der Waals surface area contributed by atoms with Crippen LogP contribution in [0.5, 0.6) is 11.5 Å². The predicted molar refractivity (Wildman–Crippen MR) is 105 cm³/mol. The van der Waals surface area contributed by atoms with Crippen molar-refractivity contribution in [1.82, 2.24) is 5.32 Å². The molecule has 7 nitrogen and oxygen atoms in total. The van der Waals surface area contributed by atoms with Crippen molar-refractivity contribution in [2.45, 2.75) is 6.54 Å². The van der Waals surface area contributed by atoms with Gasteiger partial charge in [0, 0.05) is 12.2 Å². The number of amides is 2. The molecule has 0 unspecified atom stereocenters. The van der Waals surface area contributed by atoms with Crippen molar-refractivity contribution in [2.75, 3.05) is 12.1 Å². The number of benzene rings is 3. The van der Waals surface area contributed by atoms with E-state index in [1.54, 1.807) is 24.3 Å². The van der Waals surface area contributed by atoms with Crippen LogP contribution in [0.2, 0.25) is 0 Å². The number of carbonyl (C=O) groups is 1. The van der Waals surface area contributed by atoms with E-state index in [-0.39, 0.29) is 12.8 Å². The molecule has 0 aromatic heterocycles. The average Bonchev–Trinajstić information content (AvgIpc) is 3.20. The van der Waals surface area contributed by atoms with Gasteiger partial charge in [-0.1, -0.05) is 24.3 Å². The average molecular weight is 374 g/mol. The molecular formula is C21H18N4O3. The van der Waals surface area contributed by atoms with Crippen molar-refractivity contribution < 1.29 is 14.3 Å². The van der Waals surface area contributed by atoms with Gasteiger partial charge in [0.05, 0.1) is 11.4 Å². The third kappa shape index (κ3) is 4.45. The Morgan fingerprint density at radius 1 is 0.857 bits per heavy atom. The molecule has 28 heavy (non-hydrogen) atoms. The highest BCUT2D eigenvalue weighted by Gasteiger charge is 2.13. The van der Waals surface area contributed by atoms with E-state index in [2.05, 4.69) is 20.9 Å². The molecule has 1 heterocycles. The zero-order valence-electron chi connectivity index (χ0n) is 15.0. The van der Waals surface area contributed by atoms with Crippen molar-refractivity contribution in [3.05, 3.63) is 78.4 Å². The summed E-state index contributed by atoms with van der Waals surface area (Å²) in [6.45, 7) is 0.611. The summed E-state index contributed by atoms with van der Waals surface area (Å²) in [6, 6.07) is 21.9. The summed E-state index contributed by atoms with van der Waals surface area (Å²) in [7, 11) is 0. The normalized spacial score (nSPS) is 12.1. The Hall–Kier alpha value is -3.87. The maximum atomic E-state index is 12.1. The van der Waals surface area contributed by atoms with Crippen LogP contribution in [0.4, 0.5) is 21.9 Å². The highest BCUT2D eigenvalue weighted by Crippen LogP contribution is 2.32.